The van der Waals surface area contributed by atoms with E-state index < -0.39 is 0 Å². The SMILES string of the molecule is C[C@@H](C=O)[C@H]1CC[C@H]2[C@@H]3[C@H](O)C[C@H]4CC5(CC[C@]4(C)[C@H]3CC[C@]12C)OCCO5. The zero-order valence-electron chi connectivity index (χ0n) is 17.9. The van der Waals surface area contributed by atoms with Gasteiger partial charge < -0.3 is 19.4 Å². The van der Waals surface area contributed by atoms with Gasteiger partial charge in [0, 0.05) is 18.8 Å². The van der Waals surface area contributed by atoms with Crippen molar-refractivity contribution in [2.75, 3.05) is 13.2 Å². The normalized spacial score (nSPS) is 53.3. The van der Waals surface area contributed by atoms with Crippen molar-refractivity contribution in [3.8, 4) is 0 Å². The predicted molar refractivity (Wildman–Crippen MR) is 106 cm³/mol. The molecule has 0 radical (unpaired) electrons. The minimum absolute atomic E-state index is 0.141. The van der Waals surface area contributed by atoms with Crippen molar-refractivity contribution in [2.45, 2.75) is 84.0 Å². The van der Waals surface area contributed by atoms with Crippen molar-refractivity contribution in [2.24, 2.45) is 46.3 Å². The van der Waals surface area contributed by atoms with Gasteiger partial charge in [0.15, 0.2) is 5.79 Å². The Balaban J connectivity index is 1.42. The molecule has 4 heteroatoms. The van der Waals surface area contributed by atoms with Crippen molar-refractivity contribution in [3.05, 3.63) is 0 Å². The number of carbonyl (C=O) groups is 1. The van der Waals surface area contributed by atoms with Crippen molar-refractivity contribution < 1.29 is 19.4 Å². The second-order valence-electron chi connectivity index (χ2n) is 11.3. The first-order valence-corrected chi connectivity index (χ1v) is 11.7. The van der Waals surface area contributed by atoms with Crippen LogP contribution in [0, 0.1) is 46.3 Å². The highest BCUT2D eigenvalue weighted by molar-refractivity contribution is 5.53. The van der Waals surface area contributed by atoms with Crippen LogP contribution >= 0.6 is 0 Å². The first-order valence-electron chi connectivity index (χ1n) is 11.7. The molecule has 5 rings (SSSR count). The molecule has 0 aromatic rings. The zero-order chi connectivity index (χ0) is 19.7. The van der Waals surface area contributed by atoms with Crippen LogP contribution in [0.2, 0.25) is 0 Å². The Morgan fingerprint density at radius 2 is 1.71 bits per heavy atom. The lowest BCUT2D eigenvalue weighted by Crippen LogP contribution is -2.60. The highest BCUT2D eigenvalue weighted by atomic mass is 16.7. The minimum atomic E-state index is -0.363. The van der Waals surface area contributed by atoms with Crippen LogP contribution in [0.25, 0.3) is 0 Å². The third kappa shape index (κ3) is 2.56. The predicted octanol–water partition coefficient (Wildman–Crippen LogP) is 4.19. The Labute approximate surface area is 169 Å². The number of ether oxygens (including phenoxy) is 2. The molecule has 0 aromatic heterocycles. The number of hydrogen-bond donors (Lipinski definition) is 1. The summed E-state index contributed by atoms with van der Waals surface area (Å²) in [4.78, 5) is 11.5. The molecule has 0 unspecified atom stereocenters. The molecular formula is C24H38O4. The number of aliphatic hydroxyl groups excluding tert-OH is 1. The van der Waals surface area contributed by atoms with Crippen molar-refractivity contribution in [1.29, 1.82) is 0 Å². The lowest BCUT2D eigenvalue weighted by Gasteiger charge is -2.63. The van der Waals surface area contributed by atoms with Gasteiger partial charge in [-0.15, -0.1) is 0 Å². The van der Waals surface area contributed by atoms with Gasteiger partial charge in [-0.25, -0.2) is 0 Å². The molecule has 4 saturated carbocycles. The Hall–Kier alpha value is -0.450. The van der Waals surface area contributed by atoms with Gasteiger partial charge in [0.05, 0.1) is 19.3 Å². The summed E-state index contributed by atoms with van der Waals surface area (Å²) in [6, 6.07) is 0. The van der Waals surface area contributed by atoms with E-state index >= 15 is 0 Å². The lowest BCUT2D eigenvalue weighted by molar-refractivity contribution is -0.242. The summed E-state index contributed by atoms with van der Waals surface area (Å²) in [7, 11) is 0. The molecule has 1 saturated heterocycles. The molecule has 1 heterocycles. The van der Waals surface area contributed by atoms with Gasteiger partial charge in [0.25, 0.3) is 0 Å². The van der Waals surface area contributed by atoms with Crippen LogP contribution in [-0.2, 0) is 14.3 Å². The van der Waals surface area contributed by atoms with Gasteiger partial charge in [0.2, 0.25) is 0 Å². The summed E-state index contributed by atoms with van der Waals surface area (Å²) in [5.74, 6) is 2.34. The number of aldehydes is 1. The fraction of sp³-hybridized carbons (Fsp3) is 0.958. The van der Waals surface area contributed by atoms with E-state index in [1.54, 1.807) is 0 Å². The van der Waals surface area contributed by atoms with E-state index in [4.69, 9.17) is 9.47 Å². The van der Waals surface area contributed by atoms with Crippen LogP contribution in [0.5, 0.6) is 0 Å². The molecule has 9 atom stereocenters. The maximum atomic E-state index is 11.5. The molecule has 5 fully saturated rings. The summed E-state index contributed by atoms with van der Waals surface area (Å²) < 4.78 is 12.1. The van der Waals surface area contributed by atoms with Crippen LogP contribution in [0.4, 0.5) is 0 Å². The van der Waals surface area contributed by atoms with E-state index in [2.05, 4.69) is 20.8 Å². The van der Waals surface area contributed by atoms with Gasteiger partial charge in [-0.2, -0.15) is 0 Å². The van der Waals surface area contributed by atoms with Crippen molar-refractivity contribution in [3.63, 3.8) is 0 Å². The summed E-state index contributed by atoms with van der Waals surface area (Å²) in [5, 5.41) is 11.4. The van der Waals surface area contributed by atoms with Crippen LogP contribution in [0.1, 0.15) is 72.1 Å². The highest BCUT2D eigenvalue weighted by Crippen LogP contribution is 2.69. The molecule has 0 amide bonds. The summed E-state index contributed by atoms with van der Waals surface area (Å²) in [5.41, 5.74) is 0.513. The Morgan fingerprint density at radius 3 is 2.43 bits per heavy atom. The molecule has 0 bridgehead atoms. The molecule has 1 aliphatic heterocycles. The zero-order valence-corrected chi connectivity index (χ0v) is 17.9. The average molecular weight is 391 g/mol. The maximum Gasteiger partial charge on any atom is 0.168 e. The molecule has 1 N–H and O–H groups in total. The molecule has 5 aliphatic rings. The smallest absolute Gasteiger partial charge is 0.168 e. The van der Waals surface area contributed by atoms with Gasteiger partial charge in [-0.05, 0) is 78.9 Å². The summed E-state index contributed by atoms with van der Waals surface area (Å²) in [6.07, 6.45) is 9.73. The summed E-state index contributed by atoms with van der Waals surface area (Å²) in [6.45, 7) is 8.48. The Morgan fingerprint density at radius 1 is 1.00 bits per heavy atom. The molecule has 28 heavy (non-hydrogen) atoms. The quantitative estimate of drug-likeness (QED) is 0.718. The summed E-state index contributed by atoms with van der Waals surface area (Å²) >= 11 is 0. The minimum Gasteiger partial charge on any atom is -0.393 e. The fourth-order valence-corrected chi connectivity index (χ4v) is 8.92. The van der Waals surface area contributed by atoms with E-state index in [-0.39, 0.29) is 23.2 Å². The van der Waals surface area contributed by atoms with E-state index in [9.17, 15) is 9.90 Å². The van der Waals surface area contributed by atoms with Crippen LogP contribution in [-0.4, -0.2) is 36.5 Å². The van der Waals surface area contributed by atoms with E-state index in [0.29, 0.717) is 35.0 Å². The topological polar surface area (TPSA) is 55.8 Å². The van der Waals surface area contributed by atoms with Gasteiger partial charge in [-0.1, -0.05) is 20.8 Å². The number of hydrogen-bond acceptors (Lipinski definition) is 4. The Kier molecular flexibility index (Phi) is 4.54. The first-order chi connectivity index (χ1) is 13.3. The van der Waals surface area contributed by atoms with Gasteiger partial charge in [-0.3, -0.25) is 0 Å². The molecule has 0 aromatic carbocycles. The van der Waals surface area contributed by atoms with E-state index in [0.717, 1.165) is 45.3 Å². The largest absolute Gasteiger partial charge is 0.393 e. The third-order valence-corrected chi connectivity index (χ3v) is 10.4. The van der Waals surface area contributed by atoms with Gasteiger partial charge in [0.1, 0.15) is 6.29 Å². The molecular weight excluding hydrogens is 352 g/mol. The van der Waals surface area contributed by atoms with E-state index in [1.165, 1.54) is 25.5 Å². The lowest BCUT2D eigenvalue weighted by atomic mass is 9.43. The molecule has 158 valence electrons. The maximum absolute atomic E-state index is 11.5. The number of carbonyl (C=O) groups excluding carboxylic acids is 1. The van der Waals surface area contributed by atoms with Crippen LogP contribution < -0.4 is 0 Å². The standard InChI is InChI=1S/C24H38O4/c1-15(14-25)17-4-5-18-21-19(6-7-23(17,18)3)22(2)8-9-24(27-10-11-28-24)13-16(22)12-20(21)26/h14-21,26H,4-13H2,1-3H3/t15-,16-,17+,18-,19-,20+,21-,22-,23+/m0/s1. The van der Waals surface area contributed by atoms with Gasteiger partial charge >= 0.3 is 0 Å². The van der Waals surface area contributed by atoms with Crippen molar-refractivity contribution >= 4 is 6.29 Å². The second kappa shape index (κ2) is 6.52. The average Bonchev–Trinajstić information content (AvgIpc) is 3.27. The fourth-order valence-electron chi connectivity index (χ4n) is 8.92. The number of fused-ring (bicyclic) bond motifs is 5. The van der Waals surface area contributed by atoms with Crippen LogP contribution in [0.15, 0.2) is 0 Å². The first kappa shape index (κ1) is 19.5. The number of rotatable bonds is 2. The van der Waals surface area contributed by atoms with Crippen molar-refractivity contribution in [1.82, 2.24) is 0 Å². The van der Waals surface area contributed by atoms with Crippen LogP contribution in [0.3, 0.4) is 0 Å². The highest BCUT2D eigenvalue weighted by Gasteiger charge is 2.64. The third-order valence-electron chi connectivity index (χ3n) is 10.4. The molecule has 4 aliphatic carbocycles. The van der Waals surface area contributed by atoms with E-state index in [1.807, 2.05) is 0 Å². The Bertz CT molecular complexity index is 628. The second-order valence-corrected chi connectivity index (χ2v) is 11.3. The number of aliphatic hydroxyl groups is 1. The molecule has 1 spiro atoms. The molecule has 4 nitrogen and oxygen atoms in total. The monoisotopic (exact) mass is 390 g/mol.